The minimum Gasteiger partial charge on any atom is -0.480 e. The SMILES string of the molecule is CCCC(C)OC(=O)Oc1ccc(C[C@H](NCC(C)OC(=O)c2ccccc2)C(=O)O)cc1OC(=O)OC(C)CCC. The third-order valence-corrected chi connectivity index (χ3v) is 6.09. The first-order valence-corrected chi connectivity index (χ1v) is 14.1. The van der Waals surface area contributed by atoms with Crippen LogP contribution in [0.3, 0.4) is 0 Å². The van der Waals surface area contributed by atoms with Gasteiger partial charge in [-0.25, -0.2) is 14.4 Å². The van der Waals surface area contributed by atoms with Crippen LogP contribution in [0, 0.1) is 0 Å². The first-order valence-electron chi connectivity index (χ1n) is 14.1. The molecule has 3 unspecified atom stereocenters. The number of aliphatic carboxylic acids is 1. The molecule has 0 heterocycles. The van der Waals surface area contributed by atoms with E-state index in [-0.39, 0.29) is 30.6 Å². The van der Waals surface area contributed by atoms with Crippen molar-refractivity contribution in [2.45, 2.75) is 91.1 Å². The Hall–Kier alpha value is -4.12. The molecule has 11 nitrogen and oxygen atoms in total. The number of carbonyl (C=O) groups is 4. The zero-order valence-electron chi connectivity index (χ0n) is 24.8. The third kappa shape index (κ3) is 12.2. The quantitative estimate of drug-likeness (QED) is 0.137. The van der Waals surface area contributed by atoms with Crippen molar-refractivity contribution >= 4 is 24.2 Å². The van der Waals surface area contributed by atoms with Gasteiger partial charge in [0, 0.05) is 6.54 Å². The number of carboxylic acids is 1. The molecular weight excluding hydrogens is 546 g/mol. The van der Waals surface area contributed by atoms with Gasteiger partial charge in [0.25, 0.3) is 0 Å². The number of benzene rings is 2. The molecule has 0 radical (unpaired) electrons. The van der Waals surface area contributed by atoms with E-state index in [1.54, 1.807) is 57.2 Å². The fraction of sp³-hybridized carbons (Fsp3) is 0.484. The Labute approximate surface area is 246 Å². The van der Waals surface area contributed by atoms with Crippen LogP contribution in [0.25, 0.3) is 0 Å². The predicted octanol–water partition coefficient (Wildman–Crippen LogP) is 5.93. The lowest BCUT2D eigenvalue weighted by Gasteiger charge is -2.19. The zero-order chi connectivity index (χ0) is 31.1. The molecule has 0 fully saturated rings. The highest BCUT2D eigenvalue weighted by Crippen LogP contribution is 2.30. The summed E-state index contributed by atoms with van der Waals surface area (Å²) in [6.45, 7) is 9.09. The molecule has 0 aliphatic rings. The second kappa shape index (κ2) is 17.6. The Morgan fingerprint density at radius 1 is 0.762 bits per heavy atom. The number of nitrogens with one attached hydrogen (secondary N) is 1. The highest BCUT2D eigenvalue weighted by molar-refractivity contribution is 5.89. The van der Waals surface area contributed by atoms with Crippen LogP contribution in [0.15, 0.2) is 48.5 Å². The molecule has 0 saturated heterocycles. The summed E-state index contributed by atoms with van der Waals surface area (Å²) in [6, 6.07) is 11.7. The van der Waals surface area contributed by atoms with E-state index < -0.39 is 42.5 Å². The molecular formula is C31H41NO10. The van der Waals surface area contributed by atoms with Crippen LogP contribution in [0.4, 0.5) is 9.59 Å². The van der Waals surface area contributed by atoms with Crippen molar-refractivity contribution in [3.05, 3.63) is 59.7 Å². The molecule has 42 heavy (non-hydrogen) atoms. The van der Waals surface area contributed by atoms with Crippen LogP contribution < -0.4 is 14.8 Å². The van der Waals surface area contributed by atoms with Gasteiger partial charge in [-0.1, -0.05) is 51.0 Å². The maximum absolute atomic E-state index is 12.4. The standard InChI is InChI=1S/C31H41NO10/c1-6-11-20(3)39-30(36)41-26-16-15-23(18-27(26)42-31(37)40-21(4)12-7-2)17-25(28(33)34)32-19-22(5)38-29(35)24-13-9-8-10-14-24/h8-10,13-16,18,20-22,25,32H,6-7,11-12,17,19H2,1-5H3,(H,33,34)/t20?,21?,22?,25-/m0/s1. The minimum atomic E-state index is -1.14. The monoisotopic (exact) mass is 587 g/mol. The lowest BCUT2D eigenvalue weighted by molar-refractivity contribution is -0.139. The second-order valence-electron chi connectivity index (χ2n) is 10.0. The molecule has 0 bridgehead atoms. The first kappa shape index (κ1) is 34.1. The van der Waals surface area contributed by atoms with Gasteiger partial charge in [0.15, 0.2) is 11.5 Å². The van der Waals surface area contributed by atoms with E-state index in [0.717, 1.165) is 12.8 Å². The van der Waals surface area contributed by atoms with Gasteiger partial charge in [0.2, 0.25) is 0 Å². The maximum Gasteiger partial charge on any atom is 0.514 e. The fourth-order valence-electron chi connectivity index (χ4n) is 3.99. The van der Waals surface area contributed by atoms with Crippen molar-refractivity contribution in [1.29, 1.82) is 0 Å². The molecule has 0 aliphatic carbocycles. The van der Waals surface area contributed by atoms with Gasteiger partial charge in [-0.3, -0.25) is 4.79 Å². The van der Waals surface area contributed by atoms with E-state index in [4.69, 9.17) is 23.7 Å². The molecule has 4 atom stereocenters. The van der Waals surface area contributed by atoms with Gasteiger partial charge >= 0.3 is 24.2 Å². The molecule has 11 heteroatoms. The van der Waals surface area contributed by atoms with Gasteiger partial charge in [-0.05, 0) is 69.9 Å². The predicted molar refractivity (Wildman–Crippen MR) is 154 cm³/mol. The van der Waals surface area contributed by atoms with Crippen LogP contribution in [0.1, 0.15) is 76.2 Å². The van der Waals surface area contributed by atoms with Crippen molar-refractivity contribution in [3.63, 3.8) is 0 Å². The smallest absolute Gasteiger partial charge is 0.480 e. The van der Waals surface area contributed by atoms with Crippen LogP contribution in [-0.2, 0) is 25.4 Å². The molecule has 230 valence electrons. The number of carbonyl (C=O) groups excluding carboxylic acids is 3. The molecule has 2 N–H and O–H groups in total. The second-order valence-corrected chi connectivity index (χ2v) is 10.0. The summed E-state index contributed by atoms with van der Waals surface area (Å²) in [5, 5.41) is 12.7. The number of hydrogen-bond acceptors (Lipinski definition) is 10. The van der Waals surface area contributed by atoms with Gasteiger partial charge in [0.05, 0.1) is 5.56 Å². The van der Waals surface area contributed by atoms with E-state index in [1.165, 1.54) is 12.1 Å². The lowest BCUT2D eigenvalue weighted by Crippen LogP contribution is -2.42. The van der Waals surface area contributed by atoms with Crippen molar-refractivity contribution in [1.82, 2.24) is 5.32 Å². The summed E-state index contributed by atoms with van der Waals surface area (Å²) in [5.74, 6) is -1.87. The van der Waals surface area contributed by atoms with Crippen LogP contribution in [0.5, 0.6) is 11.5 Å². The molecule has 0 aliphatic heterocycles. The zero-order valence-corrected chi connectivity index (χ0v) is 24.8. The van der Waals surface area contributed by atoms with E-state index in [9.17, 15) is 24.3 Å². The highest BCUT2D eigenvalue weighted by atomic mass is 16.7. The average Bonchev–Trinajstić information content (AvgIpc) is 2.92. The molecule has 2 aromatic rings. The normalized spacial score (nSPS) is 13.6. The lowest BCUT2D eigenvalue weighted by atomic mass is 10.0. The third-order valence-electron chi connectivity index (χ3n) is 6.09. The fourth-order valence-corrected chi connectivity index (χ4v) is 3.99. The number of ether oxygens (including phenoxy) is 5. The number of rotatable bonds is 16. The Bertz CT molecular complexity index is 1170. The van der Waals surface area contributed by atoms with Crippen molar-refractivity contribution in [2.75, 3.05) is 6.54 Å². The van der Waals surface area contributed by atoms with Crippen molar-refractivity contribution < 1.29 is 48.0 Å². The Morgan fingerprint density at radius 3 is 1.88 bits per heavy atom. The Kier molecular flexibility index (Phi) is 14.3. The molecule has 0 saturated carbocycles. The number of carboxylic acid groups (broad SMARTS) is 1. The molecule has 0 spiro atoms. The summed E-state index contributed by atoms with van der Waals surface area (Å²) >= 11 is 0. The summed E-state index contributed by atoms with van der Waals surface area (Å²) in [7, 11) is 0. The van der Waals surface area contributed by atoms with Gasteiger partial charge in [0.1, 0.15) is 24.4 Å². The van der Waals surface area contributed by atoms with E-state index in [2.05, 4.69) is 5.32 Å². The summed E-state index contributed by atoms with van der Waals surface area (Å²) in [5.41, 5.74) is 0.855. The Balaban J connectivity index is 2.14. The highest BCUT2D eigenvalue weighted by Gasteiger charge is 2.23. The topological polar surface area (TPSA) is 147 Å². The summed E-state index contributed by atoms with van der Waals surface area (Å²) < 4.78 is 26.6. The van der Waals surface area contributed by atoms with Gasteiger partial charge < -0.3 is 34.1 Å². The number of esters is 1. The number of hydrogen-bond donors (Lipinski definition) is 2. The minimum absolute atomic E-state index is 0.0232. The molecule has 0 amide bonds. The average molecular weight is 588 g/mol. The van der Waals surface area contributed by atoms with Crippen LogP contribution in [0.2, 0.25) is 0 Å². The van der Waals surface area contributed by atoms with Crippen LogP contribution >= 0.6 is 0 Å². The Morgan fingerprint density at radius 2 is 1.33 bits per heavy atom. The van der Waals surface area contributed by atoms with E-state index in [1.807, 2.05) is 13.8 Å². The first-order chi connectivity index (χ1) is 20.0. The van der Waals surface area contributed by atoms with Crippen molar-refractivity contribution in [2.24, 2.45) is 0 Å². The molecule has 0 aromatic heterocycles. The largest absolute Gasteiger partial charge is 0.514 e. The summed E-state index contributed by atoms with van der Waals surface area (Å²) in [4.78, 5) is 49.1. The molecule has 2 rings (SSSR count). The van der Waals surface area contributed by atoms with Gasteiger partial charge in [-0.2, -0.15) is 0 Å². The van der Waals surface area contributed by atoms with E-state index in [0.29, 0.717) is 24.0 Å². The van der Waals surface area contributed by atoms with Crippen LogP contribution in [-0.4, -0.2) is 60.3 Å². The van der Waals surface area contributed by atoms with Gasteiger partial charge in [-0.15, -0.1) is 0 Å². The van der Waals surface area contributed by atoms with E-state index >= 15 is 0 Å². The molecule has 2 aromatic carbocycles. The summed E-state index contributed by atoms with van der Waals surface area (Å²) in [6.07, 6.45) is -0.479. The van der Waals surface area contributed by atoms with Crippen molar-refractivity contribution in [3.8, 4) is 11.5 Å². The maximum atomic E-state index is 12.4.